The molecular weight excluding hydrogens is 278 g/mol. The molecule has 0 aliphatic heterocycles. The Bertz CT molecular complexity index is 662. The molecule has 0 saturated carbocycles. The Morgan fingerprint density at radius 2 is 2.32 bits per heavy atom. The number of aromatic amines is 1. The minimum atomic E-state index is -3.98. The Morgan fingerprint density at radius 3 is 2.95 bits per heavy atom. The van der Waals surface area contributed by atoms with Crippen LogP contribution in [0.3, 0.4) is 0 Å². The molecule has 0 amide bonds. The Morgan fingerprint density at radius 1 is 1.53 bits per heavy atom. The monoisotopic (exact) mass is 287 g/mol. The van der Waals surface area contributed by atoms with E-state index in [0.717, 1.165) is 12.6 Å². The Hall–Kier alpha value is -2.27. The van der Waals surface area contributed by atoms with Crippen molar-refractivity contribution >= 4 is 16.0 Å². The molecule has 0 aliphatic carbocycles. The highest BCUT2D eigenvalue weighted by Crippen LogP contribution is 2.11. The molecule has 0 aliphatic rings. The number of nitrogens with one attached hydrogen (secondary N) is 2. The van der Waals surface area contributed by atoms with Crippen molar-refractivity contribution < 1.29 is 22.8 Å². The highest BCUT2D eigenvalue weighted by Gasteiger charge is 2.24. The van der Waals surface area contributed by atoms with Gasteiger partial charge in [-0.2, -0.15) is 10.1 Å². The van der Waals surface area contributed by atoms with Crippen LogP contribution < -0.4 is 4.72 Å². The van der Waals surface area contributed by atoms with E-state index in [1.54, 1.807) is 0 Å². The minimum absolute atomic E-state index is 0.0000539. The van der Waals surface area contributed by atoms with Gasteiger partial charge in [0, 0.05) is 13.0 Å². The van der Waals surface area contributed by atoms with Crippen LogP contribution in [0.1, 0.15) is 16.2 Å². The van der Waals surface area contributed by atoms with E-state index < -0.39 is 26.6 Å². The average molecular weight is 287 g/mol. The molecule has 0 fully saturated rings. The van der Waals surface area contributed by atoms with Crippen LogP contribution in [-0.4, -0.2) is 46.4 Å². The number of sulfonamides is 1. The summed E-state index contributed by atoms with van der Waals surface area (Å²) < 4.78 is 30.4. The largest absolute Gasteiger partial charge is 0.478 e. The molecule has 11 heteroatoms. The number of H-pyrrole nitrogens is 1. The first-order chi connectivity index (χ1) is 9.00. The number of hydrogen-bond donors (Lipinski definition) is 3. The van der Waals surface area contributed by atoms with E-state index in [1.807, 2.05) is 0 Å². The van der Waals surface area contributed by atoms with Gasteiger partial charge < -0.3 is 9.63 Å². The molecule has 19 heavy (non-hydrogen) atoms. The van der Waals surface area contributed by atoms with Crippen LogP contribution >= 0.6 is 0 Å². The number of nitrogens with zero attached hydrogens (tertiary/aromatic N) is 3. The molecule has 3 N–H and O–H groups in total. The Labute approximate surface area is 106 Å². The van der Waals surface area contributed by atoms with Gasteiger partial charge in [-0.1, -0.05) is 5.16 Å². The summed E-state index contributed by atoms with van der Waals surface area (Å²) >= 11 is 0. The third kappa shape index (κ3) is 2.95. The van der Waals surface area contributed by atoms with E-state index in [0.29, 0.717) is 5.82 Å². The van der Waals surface area contributed by atoms with Gasteiger partial charge in [0.1, 0.15) is 5.56 Å². The van der Waals surface area contributed by atoms with Crippen LogP contribution in [0.15, 0.2) is 22.1 Å². The fourth-order valence-corrected chi connectivity index (χ4v) is 2.42. The third-order valence-electron chi connectivity index (χ3n) is 2.15. The summed E-state index contributed by atoms with van der Waals surface area (Å²) in [5.74, 6) is -1.04. The van der Waals surface area contributed by atoms with E-state index in [1.165, 1.54) is 0 Å². The molecule has 2 aromatic heterocycles. The lowest BCUT2D eigenvalue weighted by atomic mass is 10.4. The van der Waals surface area contributed by atoms with Crippen LogP contribution in [0.2, 0.25) is 0 Å². The molecule has 2 rings (SSSR count). The van der Waals surface area contributed by atoms with Crippen LogP contribution in [0.25, 0.3) is 0 Å². The Kier molecular flexibility index (Phi) is 3.57. The van der Waals surface area contributed by atoms with Crippen LogP contribution in [0.5, 0.6) is 0 Å². The topological polar surface area (TPSA) is 151 Å². The number of rotatable bonds is 6. The van der Waals surface area contributed by atoms with Gasteiger partial charge in [-0.05, 0) is 0 Å². The van der Waals surface area contributed by atoms with Crippen LogP contribution in [0, 0.1) is 0 Å². The van der Waals surface area contributed by atoms with Crippen molar-refractivity contribution in [3.05, 3.63) is 24.0 Å². The van der Waals surface area contributed by atoms with Gasteiger partial charge >= 0.3 is 5.97 Å². The first-order valence-corrected chi connectivity index (χ1v) is 6.50. The molecular formula is C8H9N5O5S. The van der Waals surface area contributed by atoms with E-state index in [-0.39, 0.29) is 13.0 Å². The first-order valence-electron chi connectivity index (χ1n) is 5.02. The summed E-state index contributed by atoms with van der Waals surface area (Å²) in [6.07, 6.45) is 2.27. The molecule has 0 aromatic carbocycles. The van der Waals surface area contributed by atoms with Gasteiger partial charge in [-0.15, -0.1) is 0 Å². The molecule has 0 atom stereocenters. The second-order valence-corrected chi connectivity index (χ2v) is 5.12. The SMILES string of the molecule is O=C(O)c1cn[nH]c1S(=O)(=O)NCCc1ncon1. The number of aromatic carboxylic acids is 1. The molecule has 0 bridgehead atoms. The van der Waals surface area contributed by atoms with Crippen LogP contribution in [-0.2, 0) is 16.4 Å². The molecule has 2 aromatic rings. The van der Waals surface area contributed by atoms with Crippen molar-refractivity contribution in [3.8, 4) is 0 Å². The fourth-order valence-electron chi connectivity index (χ4n) is 1.30. The molecule has 2 heterocycles. The van der Waals surface area contributed by atoms with E-state index in [9.17, 15) is 13.2 Å². The summed E-state index contributed by atoms with van der Waals surface area (Å²) in [5, 5.41) is 17.4. The number of carbonyl (C=O) groups is 1. The summed E-state index contributed by atoms with van der Waals surface area (Å²) in [4.78, 5) is 14.5. The summed E-state index contributed by atoms with van der Waals surface area (Å²) in [6, 6.07) is 0. The van der Waals surface area contributed by atoms with Gasteiger partial charge in [0.05, 0.1) is 6.20 Å². The Balaban J connectivity index is 2.06. The van der Waals surface area contributed by atoms with Gasteiger partial charge in [0.25, 0.3) is 10.0 Å². The molecule has 0 spiro atoms. The normalized spacial score (nSPS) is 11.6. The van der Waals surface area contributed by atoms with Crippen molar-refractivity contribution in [3.63, 3.8) is 0 Å². The predicted molar refractivity (Wildman–Crippen MR) is 58.7 cm³/mol. The lowest BCUT2D eigenvalue weighted by Gasteiger charge is -2.03. The minimum Gasteiger partial charge on any atom is -0.478 e. The lowest BCUT2D eigenvalue weighted by Crippen LogP contribution is -2.27. The molecule has 102 valence electrons. The second-order valence-electron chi connectivity index (χ2n) is 3.41. The standard InChI is InChI=1S/C8H9N5O5S/c14-8(15)5-3-10-12-7(5)19(16,17)11-2-1-6-9-4-18-13-6/h3-4,11H,1-2H2,(H,10,12)(H,14,15). The summed E-state index contributed by atoms with van der Waals surface area (Å²) in [7, 11) is -3.98. The zero-order valence-electron chi connectivity index (χ0n) is 9.40. The first kappa shape index (κ1) is 13.2. The highest BCUT2D eigenvalue weighted by molar-refractivity contribution is 7.89. The van der Waals surface area contributed by atoms with E-state index in [4.69, 9.17) is 5.11 Å². The quantitative estimate of drug-likeness (QED) is 0.612. The maximum atomic E-state index is 11.8. The molecule has 0 unspecified atom stereocenters. The number of carboxylic acids is 1. The average Bonchev–Trinajstić information content (AvgIpc) is 2.99. The highest BCUT2D eigenvalue weighted by atomic mass is 32.2. The third-order valence-corrected chi connectivity index (χ3v) is 3.58. The van der Waals surface area contributed by atoms with E-state index >= 15 is 0 Å². The fraction of sp³-hybridized carbons (Fsp3) is 0.250. The van der Waals surface area contributed by atoms with Gasteiger partial charge in [0.2, 0.25) is 6.39 Å². The van der Waals surface area contributed by atoms with Crippen molar-refractivity contribution in [2.45, 2.75) is 11.4 Å². The van der Waals surface area contributed by atoms with Crippen molar-refractivity contribution in [1.29, 1.82) is 0 Å². The second kappa shape index (κ2) is 5.16. The van der Waals surface area contributed by atoms with Gasteiger partial charge in [0.15, 0.2) is 10.9 Å². The number of carboxylic acid groups (broad SMARTS) is 1. The summed E-state index contributed by atoms with van der Waals surface area (Å²) in [6.45, 7) is -0.0000539. The number of hydrogen-bond acceptors (Lipinski definition) is 7. The van der Waals surface area contributed by atoms with Crippen molar-refractivity contribution in [1.82, 2.24) is 25.1 Å². The van der Waals surface area contributed by atoms with Crippen molar-refractivity contribution in [2.24, 2.45) is 0 Å². The summed E-state index contributed by atoms with van der Waals surface area (Å²) in [5.41, 5.74) is -0.424. The molecule has 0 saturated heterocycles. The number of aromatic nitrogens is 4. The van der Waals surface area contributed by atoms with Gasteiger partial charge in [-0.3, -0.25) is 5.10 Å². The molecule has 10 nitrogen and oxygen atoms in total. The van der Waals surface area contributed by atoms with Gasteiger partial charge in [-0.25, -0.2) is 17.9 Å². The van der Waals surface area contributed by atoms with Crippen molar-refractivity contribution in [2.75, 3.05) is 6.54 Å². The zero-order valence-corrected chi connectivity index (χ0v) is 10.2. The maximum Gasteiger partial charge on any atom is 0.340 e. The molecule has 0 radical (unpaired) electrons. The van der Waals surface area contributed by atoms with Crippen LogP contribution in [0.4, 0.5) is 0 Å². The zero-order chi connectivity index (χ0) is 13.9. The lowest BCUT2D eigenvalue weighted by molar-refractivity contribution is 0.0692. The predicted octanol–water partition coefficient (Wildman–Crippen LogP) is -0.988. The van der Waals surface area contributed by atoms with E-state index in [2.05, 4.69) is 29.6 Å². The smallest absolute Gasteiger partial charge is 0.340 e. The maximum absolute atomic E-state index is 11.8.